The molecule has 2 fully saturated rings. The summed E-state index contributed by atoms with van der Waals surface area (Å²) in [4.78, 5) is 17.8. The lowest BCUT2D eigenvalue weighted by molar-refractivity contribution is 0.576. The number of rotatable bonds is 2. The predicted molar refractivity (Wildman–Crippen MR) is 112 cm³/mol. The quantitative estimate of drug-likeness (QED) is 0.606. The molecule has 4 nitrogen and oxygen atoms in total. The molecule has 2 aromatic carbocycles. The molecule has 0 radical (unpaired) electrons. The SMILES string of the molecule is O=c1c2ccc(N3CCCCC3)cc2oc2cc(N3CCCCC3)ccc12. The Balaban J connectivity index is 1.59. The number of benzene rings is 2. The second kappa shape index (κ2) is 6.91. The van der Waals surface area contributed by atoms with E-state index in [0.29, 0.717) is 21.9 Å². The van der Waals surface area contributed by atoms with Crippen LogP contribution in [0.25, 0.3) is 21.9 Å². The number of fused-ring (bicyclic) bond motifs is 2. The number of hydrogen-bond acceptors (Lipinski definition) is 4. The van der Waals surface area contributed by atoms with Gasteiger partial charge in [-0.1, -0.05) is 0 Å². The lowest BCUT2D eigenvalue weighted by Crippen LogP contribution is -2.29. The summed E-state index contributed by atoms with van der Waals surface area (Å²) < 4.78 is 6.24. The van der Waals surface area contributed by atoms with Crippen LogP contribution in [-0.4, -0.2) is 26.2 Å². The third kappa shape index (κ3) is 3.07. The molecule has 0 spiro atoms. The van der Waals surface area contributed by atoms with Gasteiger partial charge in [-0.15, -0.1) is 0 Å². The van der Waals surface area contributed by atoms with Gasteiger partial charge in [-0.3, -0.25) is 4.79 Å². The summed E-state index contributed by atoms with van der Waals surface area (Å²) in [5.41, 5.74) is 3.80. The summed E-state index contributed by atoms with van der Waals surface area (Å²) in [7, 11) is 0. The van der Waals surface area contributed by atoms with E-state index in [-0.39, 0.29) is 5.43 Å². The first-order valence-corrected chi connectivity index (χ1v) is 10.3. The van der Waals surface area contributed by atoms with Crippen molar-refractivity contribution in [1.82, 2.24) is 0 Å². The van der Waals surface area contributed by atoms with Crippen LogP contribution < -0.4 is 15.2 Å². The summed E-state index contributed by atoms with van der Waals surface area (Å²) in [5.74, 6) is 0. The molecule has 1 aromatic heterocycles. The smallest absolute Gasteiger partial charge is 0.200 e. The molecular weight excluding hydrogens is 336 g/mol. The maximum absolute atomic E-state index is 13.0. The second-order valence-electron chi connectivity index (χ2n) is 7.89. The molecule has 3 aromatic rings. The van der Waals surface area contributed by atoms with Crippen molar-refractivity contribution in [3.63, 3.8) is 0 Å². The van der Waals surface area contributed by atoms with Crippen LogP contribution in [0.2, 0.25) is 0 Å². The van der Waals surface area contributed by atoms with Gasteiger partial charge in [0.15, 0.2) is 0 Å². The van der Waals surface area contributed by atoms with Crippen molar-refractivity contribution in [1.29, 1.82) is 0 Å². The highest BCUT2D eigenvalue weighted by molar-refractivity contribution is 5.92. The molecular formula is C23H26N2O2. The summed E-state index contributed by atoms with van der Waals surface area (Å²) >= 11 is 0. The Labute approximate surface area is 159 Å². The van der Waals surface area contributed by atoms with Crippen molar-refractivity contribution in [2.45, 2.75) is 38.5 Å². The van der Waals surface area contributed by atoms with E-state index in [1.807, 2.05) is 12.1 Å². The summed E-state index contributed by atoms with van der Waals surface area (Å²) in [6, 6.07) is 12.1. The molecule has 0 bridgehead atoms. The minimum atomic E-state index is 0.0710. The third-order valence-electron chi connectivity index (χ3n) is 6.08. The standard InChI is InChI=1S/C23H26N2O2/c26-23-19-9-7-17(24-11-3-1-4-12-24)15-21(19)27-22-16-18(8-10-20(22)23)25-13-5-2-6-14-25/h7-10,15-16H,1-6,11-14H2. The molecule has 2 aliphatic rings. The fraction of sp³-hybridized carbons (Fsp3) is 0.435. The molecule has 4 heteroatoms. The summed E-state index contributed by atoms with van der Waals surface area (Å²) in [6.07, 6.45) is 7.56. The molecule has 0 amide bonds. The Bertz CT molecular complexity index is 949. The molecule has 2 saturated heterocycles. The van der Waals surface area contributed by atoms with Crippen LogP contribution >= 0.6 is 0 Å². The molecule has 2 aliphatic heterocycles. The third-order valence-corrected chi connectivity index (χ3v) is 6.08. The highest BCUT2D eigenvalue weighted by Crippen LogP contribution is 2.28. The Kier molecular flexibility index (Phi) is 4.27. The molecule has 0 atom stereocenters. The van der Waals surface area contributed by atoms with Crippen LogP contribution in [0.15, 0.2) is 45.6 Å². The van der Waals surface area contributed by atoms with Gasteiger partial charge in [0.2, 0.25) is 5.43 Å². The topological polar surface area (TPSA) is 36.7 Å². The van der Waals surface area contributed by atoms with Crippen LogP contribution in [0.5, 0.6) is 0 Å². The van der Waals surface area contributed by atoms with E-state index < -0.39 is 0 Å². The Morgan fingerprint density at radius 1 is 0.630 bits per heavy atom. The molecule has 0 unspecified atom stereocenters. The van der Waals surface area contributed by atoms with Gasteiger partial charge in [-0.05, 0) is 62.8 Å². The average molecular weight is 362 g/mol. The monoisotopic (exact) mass is 362 g/mol. The van der Waals surface area contributed by atoms with Crippen LogP contribution in [0.1, 0.15) is 38.5 Å². The number of hydrogen-bond donors (Lipinski definition) is 0. The van der Waals surface area contributed by atoms with Gasteiger partial charge in [0, 0.05) is 49.7 Å². The lowest BCUT2D eigenvalue weighted by Gasteiger charge is -2.29. The Morgan fingerprint density at radius 3 is 1.52 bits per heavy atom. The lowest BCUT2D eigenvalue weighted by atomic mass is 10.1. The highest BCUT2D eigenvalue weighted by Gasteiger charge is 2.16. The first-order valence-electron chi connectivity index (χ1n) is 10.3. The summed E-state index contributed by atoms with van der Waals surface area (Å²) in [6.45, 7) is 4.34. The maximum Gasteiger partial charge on any atom is 0.200 e. The van der Waals surface area contributed by atoms with E-state index in [9.17, 15) is 4.79 Å². The van der Waals surface area contributed by atoms with Crippen molar-refractivity contribution >= 4 is 33.3 Å². The van der Waals surface area contributed by atoms with Crippen molar-refractivity contribution in [3.05, 3.63) is 46.6 Å². The Morgan fingerprint density at radius 2 is 1.07 bits per heavy atom. The largest absolute Gasteiger partial charge is 0.456 e. The van der Waals surface area contributed by atoms with Crippen LogP contribution in [-0.2, 0) is 0 Å². The van der Waals surface area contributed by atoms with Crippen molar-refractivity contribution in [2.24, 2.45) is 0 Å². The second-order valence-corrected chi connectivity index (χ2v) is 7.89. The zero-order valence-electron chi connectivity index (χ0n) is 15.7. The van der Waals surface area contributed by atoms with E-state index in [1.54, 1.807) is 0 Å². The van der Waals surface area contributed by atoms with Gasteiger partial charge < -0.3 is 14.2 Å². The molecule has 5 rings (SSSR count). The molecule has 0 N–H and O–H groups in total. The predicted octanol–water partition coefficient (Wildman–Crippen LogP) is 4.93. The van der Waals surface area contributed by atoms with E-state index >= 15 is 0 Å². The first-order chi connectivity index (χ1) is 13.3. The number of nitrogens with zero attached hydrogens (tertiary/aromatic N) is 2. The molecule has 140 valence electrons. The van der Waals surface area contributed by atoms with Crippen molar-refractivity contribution in [3.8, 4) is 0 Å². The zero-order valence-corrected chi connectivity index (χ0v) is 15.7. The summed E-state index contributed by atoms with van der Waals surface area (Å²) in [5, 5.41) is 1.35. The minimum Gasteiger partial charge on any atom is -0.456 e. The first kappa shape index (κ1) is 16.7. The molecule has 3 heterocycles. The van der Waals surface area contributed by atoms with Gasteiger partial charge in [0.1, 0.15) is 11.2 Å². The van der Waals surface area contributed by atoms with Gasteiger partial charge >= 0.3 is 0 Å². The van der Waals surface area contributed by atoms with Crippen LogP contribution in [0.4, 0.5) is 11.4 Å². The van der Waals surface area contributed by atoms with Gasteiger partial charge in [0.25, 0.3) is 0 Å². The van der Waals surface area contributed by atoms with Crippen LogP contribution in [0, 0.1) is 0 Å². The van der Waals surface area contributed by atoms with Gasteiger partial charge in [-0.2, -0.15) is 0 Å². The molecule has 27 heavy (non-hydrogen) atoms. The van der Waals surface area contributed by atoms with E-state index in [4.69, 9.17) is 4.42 Å². The van der Waals surface area contributed by atoms with Crippen molar-refractivity contribution < 1.29 is 4.42 Å². The van der Waals surface area contributed by atoms with E-state index in [1.165, 1.54) is 38.5 Å². The number of piperidine rings is 2. The van der Waals surface area contributed by atoms with Gasteiger partial charge in [-0.25, -0.2) is 0 Å². The van der Waals surface area contributed by atoms with Crippen molar-refractivity contribution in [2.75, 3.05) is 36.0 Å². The fourth-order valence-corrected chi connectivity index (χ4v) is 4.53. The highest BCUT2D eigenvalue weighted by atomic mass is 16.3. The molecule has 0 aliphatic carbocycles. The zero-order chi connectivity index (χ0) is 18.2. The fourth-order valence-electron chi connectivity index (χ4n) is 4.53. The average Bonchev–Trinajstić information content (AvgIpc) is 2.74. The van der Waals surface area contributed by atoms with E-state index in [0.717, 1.165) is 37.6 Å². The Hall–Kier alpha value is -2.49. The molecule has 0 saturated carbocycles. The number of anilines is 2. The van der Waals surface area contributed by atoms with Gasteiger partial charge in [0.05, 0.1) is 10.8 Å². The maximum atomic E-state index is 13.0. The van der Waals surface area contributed by atoms with Crippen LogP contribution in [0.3, 0.4) is 0 Å². The normalized spacial score (nSPS) is 18.4. The van der Waals surface area contributed by atoms with E-state index in [2.05, 4.69) is 34.1 Å². The minimum absolute atomic E-state index is 0.0710.